The van der Waals surface area contributed by atoms with E-state index in [2.05, 4.69) is 0 Å². The van der Waals surface area contributed by atoms with Crippen molar-refractivity contribution in [2.45, 2.75) is 12.6 Å². The number of halogens is 3. The average molecular weight is 302 g/mol. The molecule has 21 heavy (non-hydrogen) atoms. The first kappa shape index (κ1) is 15.6. The van der Waals surface area contributed by atoms with E-state index in [-0.39, 0.29) is 11.5 Å². The van der Waals surface area contributed by atoms with Crippen LogP contribution in [0.1, 0.15) is 22.3 Å². The molecule has 1 atom stereocenters. The van der Waals surface area contributed by atoms with Crippen molar-refractivity contribution in [3.8, 4) is 0 Å². The van der Waals surface area contributed by atoms with Gasteiger partial charge in [0.25, 0.3) is 5.91 Å². The van der Waals surface area contributed by atoms with Gasteiger partial charge < -0.3 is 15.4 Å². The lowest BCUT2D eigenvalue weighted by Gasteiger charge is -2.19. The van der Waals surface area contributed by atoms with Crippen LogP contribution in [0.3, 0.4) is 0 Å². The molecule has 1 fully saturated rings. The lowest BCUT2D eigenvalue weighted by atomic mass is 10.1. The minimum absolute atomic E-state index is 0.0945. The summed E-state index contributed by atoms with van der Waals surface area (Å²) in [7, 11) is 1.58. The van der Waals surface area contributed by atoms with Gasteiger partial charge in [-0.25, -0.2) is 0 Å². The number of benzene rings is 1. The molecule has 2 N–H and O–H groups in total. The molecule has 4 nitrogen and oxygen atoms in total. The Bertz CT molecular complexity index is 531. The number of anilines is 1. The summed E-state index contributed by atoms with van der Waals surface area (Å²) in [6.45, 7) is 1.51. The number of likely N-dealkylation sites (tertiary alicyclic amines) is 1. The standard InChI is InChI=1S/C14H17F3N2O2/c1-21-8-9-5-6-19(7-9)13(20)10-3-2-4-11(12(10)18)14(15,16)17/h2-4,9H,5-8,18H2,1H3. The molecule has 7 heteroatoms. The van der Waals surface area contributed by atoms with Crippen LogP contribution >= 0.6 is 0 Å². The first-order chi connectivity index (χ1) is 9.84. The number of para-hydroxylation sites is 1. The zero-order valence-corrected chi connectivity index (χ0v) is 11.6. The highest BCUT2D eigenvalue weighted by molar-refractivity contribution is 6.00. The number of carbonyl (C=O) groups excluding carboxylic acids is 1. The highest BCUT2D eigenvalue weighted by Crippen LogP contribution is 2.35. The third kappa shape index (κ3) is 3.29. The summed E-state index contributed by atoms with van der Waals surface area (Å²) in [5.74, 6) is -0.247. The van der Waals surface area contributed by atoms with Crippen molar-refractivity contribution >= 4 is 11.6 Å². The third-order valence-corrected chi connectivity index (χ3v) is 3.62. The molecule has 0 aromatic heterocycles. The number of carbonyl (C=O) groups is 1. The number of ether oxygens (including phenoxy) is 1. The van der Waals surface area contributed by atoms with Gasteiger partial charge in [-0.3, -0.25) is 4.79 Å². The Kier molecular flexibility index (Phi) is 4.41. The topological polar surface area (TPSA) is 55.6 Å². The largest absolute Gasteiger partial charge is 0.418 e. The quantitative estimate of drug-likeness (QED) is 0.872. The zero-order chi connectivity index (χ0) is 15.6. The molecule has 1 heterocycles. The van der Waals surface area contributed by atoms with Gasteiger partial charge in [-0.1, -0.05) is 6.07 Å². The summed E-state index contributed by atoms with van der Waals surface area (Å²) < 4.78 is 43.5. The van der Waals surface area contributed by atoms with Gasteiger partial charge in [-0.05, 0) is 18.6 Å². The smallest absolute Gasteiger partial charge is 0.398 e. The average Bonchev–Trinajstić information content (AvgIpc) is 2.86. The van der Waals surface area contributed by atoms with Crippen molar-refractivity contribution < 1.29 is 22.7 Å². The van der Waals surface area contributed by atoms with Crippen LogP contribution in [0.15, 0.2) is 18.2 Å². The van der Waals surface area contributed by atoms with E-state index in [9.17, 15) is 18.0 Å². The van der Waals surface area contributed by atoms with E-state index in [4.69, 9.17) is 10.5 Å². The van der Waals surface area contributed by atoms with Crippen LogP contribution in [0.5, 0.6) is 0 Å². The monoisotopic (exact) mass is 302 g/mol. The molecule has 0 bridgehead atoms. The maximum atomic E-state index is 12.8. The van der Waals surface area contributed by atoms with Crippen molar-refractivity contribution in [2.24, 2.45) is 5.92 Å². The molecule has 1 amide bonds. The third-order valence-electron chi connectivity index (χ3n) is 3.62. The van der Waals surface area contributed by atoms with Crippen molar-refractivity contribution in [1.29, 1.82) is 0 Å². The van der Waals surface area contributed by atoms with Crippen LogP contribution in [0.25, 0.3) is 0 Å². The minimum Gasteiger partial charge on any atom is -0.398 e. The molecule has 116 valence electrons. The van der Waals surface area contributed by atoms with Gasteiger partial charge >= 0.3 is 6.18 Å². The van der Waals surface area contributed by atoms with Crippen LogP contribution < -0.4 is 5.73 Å². The molecule has 0 aliphatic carbocycles. The van der Waals surface area contributed by atoms with E-state index in [1.54, 1.807) is 7.11 Å². The van der Waals surface area contributed by atoms with E-state index in [0.29, 0.717) is 19.7 Å². The van der Waals surface area contributed by atoms with E-state index >= 15 is 0 Å². The zero-order valence-electron chi connectivity index (χ0n) is 11.6. The molecule has 1 unspecified atom stereocenters. The Hall–Kier alpha value is -1.76. The highest BCUT2D eigenvalue weighted by Gasteiger charge is 2.35. The Morgan fingerprint density at radius 2 is 2.19 bits per heavy atom. The fraction of sp³-hybridized carbons (Fsp3) is 0.500. The normalized spacial score (nSPS) is 19.0. The number of methoxy groups -OCH3 is 1. The van der Waals surface area contributed by atoms with Crippen LogP contribution in [-0.2, 0) is 10.9 Å². The summed E-state index contributed by atoms with van der Waals surface area (Å²) in [6.07, 6.45) is -3.79. The molecule has 1 aromatic rings. The van der Waals surface area contributed by atoms with Crippen LogP contribution in [0.4, 0.5) is 18.9 Å². The molecule has 2 rings (SSSR count). The van der Waals surface area contributed by atoms with E-state index in [1.807, 2.05) is 0 Å². The molecule has 0 saturated carbocycles. The van der Waals surface area contributed by atoms with Crippen molar-refractivity contribution in [1.82, 2.24) is 4.90 Å². The number of hydrogen-bond acceptors (Lipinski definition) is 3. The number of alkyl halides is 3. The van der Waals surface area contributed by atoms with Crippen LogP contribution in [0.2, 0.25) is 0 Å². The van der Waals surface area contributed by atoms with E-state index in [1.165, 1.54) is 17.0 Å². The number of nitrogens with two attached hydrogens (primary N) is 1. The summed E-state index contributed by atoms with van der Waals surface area (Å²) >= 11 is 0. The van der Waals surface area contributed by atoms with Crippen LogP contribution in [0, 0.1) is 5.92 Å². The van der Waals surface area contributed by atoms with Gasteiger partial charge in [0, 0.05) is 26.1 Å². The van der Waals surface area contributed by atoms with E-state index in [0.717, 1.165) is 12.5 Å². The molecule has 1 saturated heterocycles. The second kappa shape index (κ2) is 5.93. The summed E-state index contributed by atoms with van der Waals surface area (Å²) in [6, 6.07) is 3.41. The van der Waals surface area contributed by atoms with Gasteiger partial charge in [0.2, 0.25) is 0 Å². The fourth-order valence-corrected chi connectivity index (χ4v) is 2.56. The molecule has 0 spiro atoms. The Morgan fingerprint density at radius 1 is 1.48 bits per heavy atom. The summed E-state index contributed by atoms with van der Waals surface area (Å²) in [4.78, 5) is 13.9. The number of rotatable bonds is 3. The highest BCUT2D eigenvalue weighted by atomic mass is 19.4. The number of nitrogen functional groups attached to an aromatic ring is 1. The molecular formula is C14H17F3N2O2. The maximum absolute atomic E-state index is 12.8. The molecule has 1 aliphatic heterocycles. The SMILES string of the molecule is COCC1CCN(C(=O)c2cccc(C(F)(F)F)c2N)C1. The predicted molar refractivity (Wildman–Crippen MR) is 71.7 cm³/mol. The molecule has 0 radical (unpaired) electrons. The lowest BCUT2D eigenvalue weighted by molar-refractivity contribution is -0.136. The Morgan fingerprint density at radius 3 is 2.81 bits per heavy atom. The van der Waals surface area contributed by atoms with Gasteiger partial charge in [-0.2, -0.15) is 13.2 Å². The minimum atomic E-state index is -4.57. The van der Waals surface area contributed by atoms with Gasteiger partial charge in [0.1, 0.15) is 0 Å². The molecular weight excluding hydrogens is 285 g/mol. The number of amides is 1. The van der Waals surface area contributed by atoms with Gasteiger partial charge in [-0.15, -0.1) is 0 Å². The van der Waals surface area contributed by atoms with Gasteiger partial charge in [0.05, 0.1) is 23.4 Å². The predicted octanol–water partition coefficient (Wildman–Crippen LogP) is 2.40. The van der Waals surface area contributed by atoms with Crippen molar-refractivity contribution in [3.63, 3.8) is 0 Å². The van der Waals surface area contributed by atoms with Crippen molar-refractivity contribution in [3.05, 3.63) is 29.3 Å². The lowest BCUT2D eigenvalue weighted by Crippen LogP contribution is -2.30. The van der Waals surface area contributed by atoms with E-state index < -0.39 is 23.3 Å². The van der Waals surface area contributed by atoms with Crippen molar-refractivity contribution in [2.75, 3.05) is 32.5 Å². The number of hydrogen-bond donors (Lipinski definition) is 1. The molecule has 1 aromatic carbocycles. The summed E-state index contributed by atoms with van der Waals surface area (Å²) in [5.41, 5.74) is 3.96. The second-order valence-corrected chi connectivity index (χ2v) is 5.13. The Labute approximate surface area is 120 Å². The fourth-order valence-electron chi connectivity index (χ4n) is 2.56. The van der Waals surface area contributed by atoms with Gasteiger partial charge in [0.15, 0.2) is 0 Å². The van der Waals surface area contributed by atoms with Crippen LogP contribution in [-0.4, -0.2) is 37.6 Å². The maximum Gasteiger partial charge on any atom is 0.418 e. The first-order valence-electron chi connectivity index (χ1n) is 6.58. The first-order valence-corrected chi connectivity index (χ1v) is 6.58. The number of nitrogens with zero attached hydrogens (tertiary/aromatic N) is 1. The molecule has 1 aliphatic rings. The Balaban J connectivity index is 2.21. The second-order valence-electron chi connectivity index (χ2n) is 5.13. The summed E-state index contributed by atoms with van der Waals surface area (Å²) in [5, 5.41) is 0.